The van der Waals surface area contributed by atoms with Crippen molar-refractivity contribution in [3.05, 3.63) is 58.8 Å². The lowest BCUT2D eigenvalue weighted by Crippen LogP contribution is -2.50. The van der Waals surface area contributed by atoms with Crippen molar-refractivity contribution in [3.8, 4) is 18.2 Å². The Morgan fingerprint density at radius 3 is 2.48 bits per heavy atom. The van der Waals surface area contributed by atoms with Gasteiger partial charge in [-0.1, -0.05) is 36.4 Å². The van der Waals surface area contributed by atoms with E-state index in [9.17, 15) is 20.6 Å². The summed E-state index contributed by atoms with van der Waals surface area (Å²) in [7, 11) is 0. The fraction of sp³-hybridized carbons (Fsp3) is 0.333. The van der Waals surface area contributed by atoms with E-state index in [1.165, 1.54) is 6.92 Å². The monoisotopic (exact) mass is 357 g/mol. The van der Waals surface area contributed by atoms with Gasteiger partial charge in [0.05, 0.1) is 23.4 Å². The number of benzene rings is 1. The molecular weight excluding hydrogens is 338 g/mol. The molecule has 2 N–H and O–H groups in total. The molecule has 0 fully saturated rings. The summed E-state index contributed by atoms with van der Waals surface area (Å²) in [6.07, 6.45) is 2.28. The first-order chi connectivity index (χ1) is 13.0. The third kappa shape index (κ3) is 2.84. The van der Waals surface area contributed by atoms with Crippen molar-refractivity contribution >= 4 is 5.91 Å². The van der Waals surface area contributed by atoms with Crippen molar-refractivity contribution < 1.29 is 4.79 Å². The van der Waals surface area contributed by atoms with Crippen molar-refractivity contribution in [1.29, 1.82) is 15.8 Å². The smallest absolute Gasteiger partial charge is 0.219 e. The van der Waals surface area contributed by atoms with E-state index in [-0.39, 0.29) is 23.1 Å². The summed E-state index contributed by atoms with van der Waals surface area (Å²) in [5.74, 6) is -0.839. The van der Waals surface area contributed by atoms with Crippen LogP contribution in [0.1, 0.15) is 12.5 Å². The van der Waals surface area contributed by atoms with E-state index in [0.29, 0.717) is 19.5 Å². The Balaban J connectivity index is 2.19. The molecule has 0 bridgehead atoms. The fourth-order valence-electron chi connectivity index (χ4n) is 4.11. The predicted octanol–water partition coefficient (Wildman–Crippen LogP) is 2.03. The molecule has 1 aliphatic carbocycles. The first-order valence-electron chi connectivity index (χ1n) is 8.71. The maximum absolute atomic E-state index is 11.9. The molecule has 6 nitrogen and oxygen atoms in total. The Labute approximate surface area is 158 Å². The molecule has 1 aromatic rings. The van der Waals surface area contributed by atoms with Crippen molar-refractivity contribution in [2.75, 3.05) is 13.1 Å². The molecule has 0 aromatic heterocycles. The highest BCUT2D eigenvalue weighted by molar-refractivity contribution is 5.74. The molecule has 1 amide bonds. The standard InChI is InChI=1S/C21H19N5O/c1-14(27)26-8-7-16-17(10-22)20(25)21(12-23,13-24)19(18(16)11-26)9-15-5-3-2-4-6-15/h2-7,18-19H,8-9,11,25H2,1H3/t18-,19+/m1/s1. The molecule has 134 valence electrons. The Bertz CT molecular complexity index is 941. The molecule has 3 rings (SSSR count). The van der Waals surface area contributed by atoms with Crippen LogP contribution in [0.3, 0.4) is 0 Å². The highest BCUT2D eigenvalue weighted by Crippen LogP contribution is 2.50. The number of hydrogen-bond acceptors (Lipinski definition) is 5. The minimum atomic E-state index is -1.61. The minimum absolute atomic E-state index is 0.0229. The van der Waals surface area contributed by atoms with Gasteiger partial charge in [0.25, 0.3) is 0 Å². The zero-order valence-corrected chi connectivity index (χ0v) is 15.0. The van der Waals surface area contributed by atoms with Gasteiger partial charge < -0.3 is 10.6 Å². The Morgan fingerprint density at radius 2 is 1.93 bits per heavy atom. The van der Waals surface area contributed by atoms with Gasteiger partial charge in [0, 0.05) is 31.8 Å². The number of carbonyl (C=O) groups is 1. The summed E-state index contributed by atoms with van der Waals surface area (Å²) in [6, 6.07) is 15.9. The zero-order valence-electron chi connectivity index (χ0n) is 15.0. The second-order valence-corrected chi connectivity index (χ2v) is 6.92. The summed E-state index contributed by atoms with van der Waals surface area (Å²) in [5, 5.41) is 29.5. The second kappa shape index (κ2) is 6.98. The van der Waals surface area contributed by atoms with Gasteiger partial charge in [-0.2, -0.15) is 15.8 Å². The Kier molecular flexibility index (Phi) is 4.72. The highest BCUT2D eigenvalue weighted by Gasteiger charge is 2.53. The third-order valence-electron chi connectivity index (χ3n) is 5.58. The number of nitrogens with zero attached hydrogens (tertiary/aromatic N) is 4. The SMILES string of the molecule is CC(=O)N1CC=C2C(C#N)=C(N)C(C#N)(C#N)[C@@H](Cc3ccccc3)[C@@H]2C1. The number of hydrogen-bond donors (Lipinski definition) is 1. The van der Waals surface area contributed by atoms with Crippen molar-refractivity contribution in [3.63, 3.8) is 0 Å². The highest BCUT2D eigenvalue weighted by atomic mass is 16.2. The predicted molar refractivity (Wildman–Crippen MR) is 97.9 cm³/mol. The molecule has 1 heterocycles. The zero-order chi connectivity index (χ0) is 19.6. The average Bonchev–Trinajstić information content (AvgIpc) is 2.69. The van der Waals surface area contributed by atoms with Crippen LogP contribution in [-0.2, 0) is 11.2 Å². The number of carbonyl (C=O) groups excluding carboxylic acids is 1. The number of amides is 1. The number of rotatable bonds is 2. The van der Waals surface area contributed by atoms with Crippen LogP contribution in [0.4, 0.5) is 0 Å². The molecular formula is C21H19N5O. The van der Waals surface area contributed by atoms with Gasteiger partial charge in [0.15, 0.2) is 5.41 Å². The van der Waals surface area contributed by atoms with Gasteiger partial charge in [-0.25, -0.2) is 0 Å². The summed E-state index contributed by atoms with van der Waals surface area (Å²) >= 11 is 0. The summed E-state index contributed by atoms with van der Waals surface area (Å²) in [6.45, 7) is 2.25. The second-order valence-electron chi connectivity index (χ2n) is 6.92. The molecule has 0 saturated carbocycles. The fourth-order valence-corrected chi connectivity index (χ4v) is 4.11. The van der Waals surface area contributed by atoms with Crippen LogP contribution < -0.4 is 5.73 Å². The molecule has 0 unspecified atom stereocenters. The van der Waals surface area contributed by atoms with Crippen LogP contribution in [-0.4, -0.2) is 23.9 Å². The van der Waals surface area contributed by atoms with E-state index in [1.807, 2.05) is 36.4 Å². The first kappa shape index (κ1) is 18.2. The summed E-state index contributed by atoms with van der Waals surface area (Å²) in [5.41, 5.74) is 6.57. The average molecular weight is 357 g/mol. The number of nitrogens with two attached hydrogens (primary N) is 1. The van der Waals surface area contributed by atoms with E-state index < -0.39 is 11.3 Å². The number of fused-ring (bicyclic) bond motifs is 1. The van der Waals surface area contributed by atoms with Gasteiger partial charge in [-0.3, -0.25) is 4.79 Å². The topological polar surface area (TPSA) is 118 Å². The maximum Gasteiger partial charge on any atom is 0.219 e. The third-order valence-corrected chi connectivity index (χ3v) is 5.58. The summed E-state index contributed by atoms with van der Waals surface area (Å²) < 4.78 is 0. The lowest BCUT2D eigenvalue weighted by Gasteiger charge is -2.45. The quantitative estimate of drug-likeness (QED) is 0.869. The van der Waals surface area contributed by atoms with Gasteiger partial charge in [-0.05, 0) is 17.6 Å². The minimum Gasteiger partial charge on any atom is -0.399 e. The normalized spacial score (nSPS) is 23.3. The molecule has 1 aliphatic heterocycles. The molecule has 2 aliphatic rings. The van der Waals surface area contributed by atoms with E-state index in [0.717, 1.165) is 11.1 Å². The van der Waals surface area contributed by atoms with Crippen LogP contribution in [0, 0.1) is 51.2 Å². The lowest BCUT2D eigenvalue weighted by molar-refractivity contribution is -0.129. The van der Waals surface area contributed by atoms with Crippen LogP contribution in [0.15, 0.2) is 53.3 Å². The van der Waals surface area contributed by atoms with Crippen LogP contribution in [0.5, 0.6) is 0 Å². The molecule has 0 radical (unpaired) electrons. The molecule has 2 atom stereocenters. The largest absolute Gasteiger partial charge is 0.399 e. The van der Waals surface area contributed by atoms with Gasteiger partial charge in [0.2, 0.25) is 5.91 Å². The van der Waals surface area contributed by atoms with Crippen molar-refractivity contribution in [1.82, 2.24) is 4.90 Å². The summed E-state index contributed by atoms with van der Waals surface area (Å²) in [4.78, 5) is 13.6. The van der Waals surface area contributed by atoms with Crippen LogP contribution >= 0.6 is 0 Å². The number of allylic oxidation sites excluding steroid dienone is 2. The van der Waals surface area contributed by atoms with Gasteiger partial charge in [-0.15, -0.1) is 0 Å². The van der Waals surface area contributed by atoms with E-state index in [4.69, 9.17) is 5.73 Å². The molecule has 1 aromatic carbocycles. The lowest BCUT2D eigenvalue weighted by atomic mass is 9.58. The Morgan fingerprint density at radius 1 is 1.26 bits per heavy atom. The Hall–Kier alpha value is -3.56. The van der Waals surface area contributed by atoms with Crippen molar-refractivity contribution in [2.24, 2.45) is 23.0 Å². The molecule has 6 heteroatoms. The first-order valence-corrected chi connectivity index (χ1v) is 8.71. The maximum atomic E-state index is 11.9. The van der Waals surface area contributed by atoms with Crippen molar-refractivity contribution in [2.45, 2.75) is 13.3 Å². The van der Waals surface area contributed by atoms with Gasteiger partial charge in [0.1, 0.15) is 6.07 Å². The molecule has 0 saturated heterocycles. The van der Waals surface area contributed by atoms with E-state index >= 15 is 0 Å². The van der Waals surface area contributed by atoms with Gasteiger partial charge >= 0.3 is 0 Å². The van der Waals surface area contributed by atoms with Crippen LogP contribution in [0.2, 0.25) is 0 Å². The number of nitriles is 3. The van der Waals surface area contributed by atoms with Crippen LogP contribution in [0.25, 0.3) is 0 Å². The molecule has 27 heavy (non-hydrogen) atoms. The van der Waals surface area contributed by atoms with E-state index in [2.05, 4.69) is 18.2 Å². The van der Waals surface area contributed by atoms with E-state index in [1.54, 1.807) is 4.90 Å². The molecule has 0 spiro atoms.